The Balaban J connectivity index is 1.54. The zero-order valence-electron chi connectivity index (χ0n) is 12.4. The number of hydrogen-bond acceptors (Lipinski definition) is 3. The van der Waals surface area contributed by atoms with Crippen molar-refractivity contribution < 1.29 is 8.42 Å². The van der Waals surface area contributed by atoms with Crippen molar-refractivity contribution in [1.29, 1.82) is 0 Å². The quantitative estimate of drug-likeness (QED) is 0.775. The number of nitrogens with one attached hydrogen (secondary N) is 2. The van der Waals surface area contributed by atoms with Gasteiger partial charge in [-0.25, -0.2) is 0 Å². The molecule has 0 aromatic carbocycles. The van der Waals surface area contributed by atoms with E-state index in [-0.39, 0.29) is 5.54 Å². The number of nitrogens with zero attached hydrogens (tertiary/aromatic N) is 1. The molecule has 0 aromatic rings. The summed E-state index contributed by atoms with van der Waals surface area (Å²) in [5.74, 6) is 0.468. The zero-order chi connectivity index (χ0) is 14.2. The van der Waals surface area contributed by atoms with Crippen LogP contribution < -0.4 is 10.0 Å². The van der Waals surface area contributed by atoms with E-state index in [1.165, 1.54) is 12.8 Å². The predicted octanol–water partition coefficient (Wildman–Crippen LogP) is 1.23. The van der Waals surface area contributed by atoms with Gasteiger partial charge in [-0.2, -0.15) is 17.4 Å². The second-order valence-electron chi connectivity index (χ2n) is 7.07. The molecule has 1 heterocycles. The van der Waals surface area contributed by atoms with Gasteiger partial charge in [0, 0.05) is 24.7 Å². The number of hydrogen-bond donors (Lipinski definition) is 2. The molecule has 20 heavy (non-hydrogen) atoms. The molecule has 3 fully saturated rings. The zero-order valence-corrected chi connectivity index (χ0v) is 13.2. The van der Waals surface area contributed by atoms with Crippen LogP contribution in [0, 0.1) is 5.92 Å². The van der Waals surface area contributed by atoms with Gasteiger partial charge < -0.3 is 5.32 Å². The van der Waals surface area contributed by atoms with Crippen LogP contribution in [0.25, 0.3) is 0 Å². The minimum absolute atomic E-state index is 0.196. The van der Waals surface area contributed by atoms with Gasteiger partial charge in [-0.1, -0.05) is 0 Å². The Morgan fingerprint density at radius 1 is 1.20 bits per heavy atom. The van der Waals surface area contributed by atoms with Crippen LogP contribution in [-0.4, -0.2) is 43.9 Å². The highest BCUT2D eigenvalue weighted by Crippen LogP contribution is 2.32. The summed E-state index contributed by atoms with van der Waals surface area (Å²) in [6.45, 7) is 4.33. The molecule has 0 bridgehead atoms. The first-order valence-electron chi connectivity index (χ1n) is 7.99. The number of piperidine rings is 1. The lowest BCUT2D eigenvalue weighted by atomic mass is 9.80. The molecular weight excluding hydrogens is 274 g/mol. The summed E-state index contributed by atoms with van der Waals surface area (Å²) in [5.41, 5.74) is -0.196. The van der Waals surface area contributed by atoms with Crippen LogP contribution in [-0.2, 0) is 10.2 Å². The van der Waals surface area contributed by atoms with E-state index in [0.717, 1.165) is 38.6 Å². The first-order valence-corrected chi connectivity index (χ1v) is 9.43. The Morgan fingerprint density at radius 2 is 1.95 bits per heavy atom. The molecule has 1 aliphatic heterocycles. The average molecular weight is 301 g/mol. The summed E-state index contributed by atoms with van der Waals surface area (Å²) < 4.78 is 29.5. The van der Waals surface area contributed by atoms with Crippen molar-refractivity contribution in [2.75, 3.05) is 19.6 Å². The lowest BCUT2D eigenvalue weighted by Crippen LogP contribution is -2.57. The molecule has 3 rings (SSSR count). The van der Waals surface area contributed by atoms with Gasteiger partial charge in [-0.05, 0) is 64.3 Å². The maximum Gasteiger partial charge on any atom is 0.279 e. The van der Waals surface area contributed by atoms with Crippen LogP contribution in [0.4, 0.5) is 0 Å². The third-order valence-corrected chi connectivity index (χ3v) is 6.69. The second-order valence-corrected chi connectivity index (χ2v) is 8.74. The molecule has 1 atom stereocenters. The fraction of sp³-hybridized carbons (Fsp3) is 1.00. The van der Waals surface area contributed by atoms with Gasteiger partial charge in [0.05, 0.1) is 0 Å². The Kier molecular flexibility index (Phi) is 4.10. The molecule has 1 saturated heterocycles. The Morgan fingerprint density at radius 3 is 2.55 bits per heavy atom. The Bertz CT molecular complexity index is 443. The van der Waals surface area contributed by atoms with Crippen LogP contribution in [0.5, 0.6) is 0 Å². The summed E-state index contributed by atoms with van der Waals surface area (Å²) in [7, 11) is -3.30. The number of rotatable bonds is 6. The molecule has 0 spiro atoms. The van der Waals surface area contributed by atoms with Gasteiger partial charge in [0.2, 0.25) is 0 Å². The van der Waals surface area contributed by atoms with E-state index in [0.29, 0.717) is 25.0 Å². The van der Waals surface area contributed by atoms with Gasteiger partial charge in [-0.3, -0.25) is 0 Å². The van der Waals surface area contributed by atoms with E-state index in [9.17, 15) is 8.42 Å². The molecule has 0 aromatic heterocycles. The van der Waals surface area contributed by atoms with Crippen molar-refractivity contribution in [3.05, 3.63) is 0 Å². The standard InChI is InChI=1S/C14H27N3O2S/c1-14(7-3-8-14)16-20(18,19)17-9-2-4-12(11-17)10-15-13-5-6-13/h12-13,15-16H,2-11H2,1H3. The van der Waals surface area contributed by atoms with Gasteiger partial charge in [0.15, 0.2) is 0 Å². The first kappa shape index (κ1) is 14.8. The third kappa shape index (κ3) is 3.53. The topological polar surface area (TPSA) is 61.4 Å². The fourth-order valence-electron chi connectivity index (χ4n) is 3.22. The summed E-state index contributed by atoms with van der Waals surface area (Å²) >= 11 is 0. The van der Waals surface area contributed by atoms with Crippen LogP contribution in [0.3, 0.4) is 0 Å². The molecule has 2 aliphatic carbocycles. The predicted molar refractivity (Wildman–Crippen MR) is 79.6 cm³/mol. The SMILES string of the molecule is CC1(NS(=O)(=O)N2CCCC(CNC3CC3)C2)CCC1. The largest absolute Gasteiger partial charge is 0.314 e. The van der Waals surface area contributed by atoms with E-state index in [1.54, 1.807) is 4.31 Å². The molecule has 3 aliphatic rings. The minimum Gasteiger partial charge on any atom is -0.314 e. The molecule has 6 heteroatoms. The van der Waals surface area contributed by atoms with Crippen LogP contribution in [0.1, 0.15) is 51.9 Å². The minimum atomic E-state index is -3.30. The van der Waals surface area contributed by atoms with E-state index < -0.39 is 10.2 Å². The first-order chi connectivity index (χ1) is 9.47. The molecule has 5 nitrogen and oxygen atoms in total. The highest BCUT2D eigenvalue weighted by Gasteiger charge is 2.39. The normalized spacial score (nSPS) is 30.9. The van der Waals surface area contributed by atoms with Crippen LogP contribution in [0.15, 0.2) is 0 Å². The monoisotopic (exact) mass is 301 g/mol. The smallest absolute Gasteiger partial charge is 0.279 e. The van der Waals surface area contributed by atoms with Gasteiger partial charge in [0.1, 0.15) is 0 Å². The molecule has 116 valence electrons. The van der Waals surface area contributed by atoms with E-state index >= 15 is 0 Å². The van der Waals surface area contributed by atoms with E-state index in [4.69, 9.17) is 0 Å². The van der Waals surface area contributed by atoms with E-state index in [2.05, 4.69) is 10.0 Å². The lowest BCUT2D eigenvalue weighted by molar-refractivity contribution is 0.223. The molecule has 2 N–H and O–H groups in total. The molecule has 0 amide bonds. The van der Waals surface area contributed by atoms with Gasteiger partial charge in [-0.15, -0.1) is 0 Å². The average Bonchev–Trinajstić information content (AvgIpc) is 3.18. The maximum atomic E-state index is 12.5. The second kappa shape index (κ2) is 5.55. The third-order valence-electron chi connectivity index (χ3n) is 4.93. The molecule has 2 saturated carbocycles. The fourth-order valence-corrected chi connectivity index (χ4v) is 4.95. The van der Waals surface area contributed by atoms with Crippen molar-refractivity contribution >= 4 is 10.2 Å². The lowest BCUT2D eigenvalue weighted by Gasteiger charge is -2.41. The Hall–Kier alpha value is -0.170. The summed E-state index contributed by atoms with van der Waals surface area (Å²) in [6.07, 6.45) is 7.76. The van der Waals surface area contributed by atoms with Crippen molar-refractivity contribution in [1.82, 2.24) is 14.3 Å². The van der Waals surface area contributed by atoms with Crippen LogP contribution >= 0.6 is 0 Å². The summed E-state index contributed by atoms with van der Waals surface area (Å²) in [4.78, 5) is 0. The van der Waals surface area contributed by atoms with Gasteiger partial charge >= 0.3 is 0 Å². The van der Waals surface area contributed by atoms with Crippen molar-refractivity contribution in [3.8, 4) is 0 Å². The summed E-state index contributed by atoms with van der Waals surface area (Å²) in [6, 6.07) is 0.703. The molecule has 1 unspecified atom stereocenters. The Labute approximate surface area is 122 Å². The van der Waals surface area contributed by atoms with E-state index in [1.807, 2.05) is 6.92 Å². The maximum absolute atomic E-state index is 12.5. The highest BCUT2D eigenvalue weighted by molar-refractivity contribution is 7.87. The van der Waals surface area contributed by atoms with Crippen molar-refractivity contribution in [2.24, 2.45) is 5.92 Å². The molecular formula is C14H27N3O2S. The summed E-state index contributed by atoms with van der Waals surface area (Å²) in [5, 5.41) is 3.53. The van der Waals surface area contributed by atoms with Crippen molar-refractivity contribution in [3.63, 3.8) is 0 Å². The highest BCUT2D eigenvalue weighted by atomic mass is 32.2. The van der Waals surface area contributed by atoms with Crippen molar-refractivity contribution in [2.45, 2.75) is 63.5 Å². The van der Waals surface area contributed by atoms with Crippen LogP contribution in [0.2, 0.25) is 0 Å². The van der Waals surface area contributed by atoms with Gasteiger partial charge in [0.25, 0.3) is 10.2 Å². The molecule has 0 radical (unpaired) electrons.